The maximum absolute atomic E-state index is 12.0. The van der Waals surface area contributed by atoms with E-state index in [0.29, 0.717) is 39.0 Å². The number of nitrogens with zero attached hydrogens (tertiary/aromatic N) is 3. The van der Waals surface area contributed by atoms with E-state index in [0.717, 1.165) is 25.6 Å². The van der Waals surface area contributed by atoms with E-state index in [2.05, 4.69) is 34.3 Å². The summed E-state index contributed by atoms with van der Waals surface area (Å²) >= 11 is 0. The molecule has 2 saturated heterocycles. The minimum Gasteiger partial charge on any atom is -0.370 e. The van der Waals surface area contributed by atoms with E-state index in [-0.39, 0.29) is 17.9 Å². The Morgan fingerprint density at radius 2 is 2.00 bits per heavy atom. The fourth-order valence-electron chi connectivity index (χ4n) is 3.71. The van der Waals surface area contributed by atoms with E-state index < -0.39 is 0 Å². The highest BCUT2D eigenvalue weighted by Gasteiger charge is 2.27. The fourth-order valence-corrected chi connectivity index (χ4v) is 3.71. The largest absolute Gasteiger partial charge is 0.370 e. The van der Waals surface area contributed by atoms with Gasteiger partial charge in [-0.2, -0.15) is 0 Å². The first-order chi connectivity index (χ1) is 13.6. The molecule has 152 valence electrons. The highest BCUT2D eigenvalue weighted by atomic mass is 16.5. The molecule has 1 N–H and O–H groups in total. The normalized spacial score (nSPS) is 21.2. The number of ether oxygens (including phenoxy) is 1. The van der Waals surface area contributed by atoms with Gasteiger partial charge >= 0.3 is 0 Å². The van der Waals surface area contributed by atoms with Crippen LogP contribution in [0.2, 0.25) is 0 Å². The SMILES string of the molecule is CCNC(=NCCN1C(=O)CCCC1=O)N1CCOC(c2ccccc2C)C1. The number of nitrogens with one attached hydrogen (secondary N) is 1. The molecule has 0 bridgehead atoms. The van der Waals surface area contributed by atoms with Crippen LogP contribution in [0.25, 0.3) is 0 Å². The third-order valence-electron chi connectivity index (χ3n) is 5.20. The van der Waals surface area contributed by atoms with Gasteiger partial charge in [0.05, 0.1) is 19.7 Å². The molecule has 28 heavy (non-hydrogen) atoms. The third-order valence-corrected chi connectivity index (χ3v) is 5.20. The number of amides is 2. The fraction of sp³-hybridized carbons (Fsp3) is 0.571. The molecule has 2 aliphatic rings. The highest BCUT2D eigenvalue weighted by Crippen LogP contribution is 2.25. The molecule has 0 aromatic heterocycles. The van der Waals surface area contributed by atoms with Crippen molar-refractivity contribution in [2.24, 2.45) is 4.99 Å². The molecule has 2 heterocycles. The van der Waals surface area contributed by atoms with Crippen molar-refractivity contribution >= 4 is 17.8 Å². The number of rotatable bonds is 5. The molecule has 2 fully saturated rings. The minimum atomic E-state index is -0.0811. The van der Waals surface area contributed by atoms with Crippen LogP contribution >= 0.6 is 0 Å². The van der Waals surface area contributed by atoms with Gasteiger partial charge in [0.15, 0.2) is 5.96 Å². The first-order valence-corrected chi connectivity index (χ1v) is 10.1. The van der Waals surface area contributed by atoms with Gasteiger partial charge in [0.2, 0.25) is 11.8 Å². The summed E-state index contributed by atoms with van der Waals surface area (Å²) in [5, 5.41) is 3.33. The number of aliphatic imine (C=N–C) groups is 1. The number of imide groups is 1. The summed E-state index contributed by atoms with van der Waals surface area (Å²) in [6, 6.07) is 8.29. The van der Waals surface area contributed by atoms with E-state index in [1.54, 1.807) is 0 Å². The second-order valence-electron chi connectivity index (χ2n) is 7.19. The van der Waals surface area contributed by atoms with Gasteiger partial charge in [0.25, 0.3) is 0 Å². The molecule has 0 aliphatic carbocycles. The van der Waals surface area contributed by atoms with Crippen molar-refractivity contribution in [3.05, 3.63) is 35.4 Å². The lowest BCUT2D eigenvalue weighted by molar-refractivity contribution is -0.147. The maximum Gasteiger partial charge on any atom is 0.229 e. The van der Waals surface area contributed by atoms with Crippen LogP contribution in [0.1, 0.15) is 43.4 Å². The van der Waals surface area contributed by atoms with Crippen LogP contribution in [-0.2, 0) is 14.3 Å². The number of hydrogen-bond acceptors (Lipinski definition) is 4. The molecule has 0 radical (unpaired) electrons. The predicted molar refractivity (Wildman–Crippen MR) is 108 cm³/mol. The molecule has 1 aromatic carbocycles. The molecule has 2 amide bonds. The Morgan fingerprint density at radius 1 is 1.25 bits per heavy atom. The molecule has 1 unspecified atom stereocenters. The van der Waals surface area contributed by atoms with E-state index in [4.69, 9.17) is 4.74 Å². The zero-order chi connectivity index (χ0) is 19.9. The van der Waals surface area contributed by atoms with Crippen molar-refractivity contribution < 1.29 is 14.3 Å². The predicted octanol–water partition coefficient (Wildman–Crippen LogP) is 1.87. The number of piperidine rings is 1. The van der Waals surface area contributed by atoms with Crippen LogP contribution in [0.4, 0.5) is 0 Å². The van der Waals surface area contributed by atoms with Crippen LogP contribution in [0, 0.1) is 6.92 Å². The summed E-state index contributed by atoms with van der Waals surface area (Å²) in [5.41, 5.74) is 2.42. The Balaban J connectivity index is 1.65. The van der Waals surface area contributed by atoms with Gasteiger partial charge in [-0.15, -0.1) is 0 Å². The third kappa shape index (κ3) is 4.90. The zero-order valence-corrected chi connectivity index (χ0v) is 16.8. The lowest BCUT2D eigenvalue weighted by Crippen LogP contribution is -2.48. The Bertz CT molecular complexity index is 718. The molecule has 0 saturated carbocycles. The molecule has 0 spiro atoms. The standard InChI is InChI=1S/C21H30N4O3/c1-3-22-21(23-11-12-25-19(26)9-6-10-20(25)27)24-13-14-28-18(15-24)17-8-5-4-7-16(17)2/h4-5,7-8,18H,3,6,9-15H2,1-2H3,(H,22,23). The molecule has 1 atom stereocenters. The van der Waals surface area contributed by atoms with Gasteiger partial charge in [0.1, 0.15) is 6.10 Å². The van der Waals surface area contributed by atoms with Gasteiger partial charge in [-0.1, -0.05) is 24.3 Å². The Labute approximate surface area is 166 Å². The van der Waals surface area contributed by atoms with Crippen LogP contribution in [0.15, 0.2) is 29.3 Å². The summed E-state index contributed by atoms with van der Waals surface area (Å²) in [4.78, 5) is 32.1. The number of carbonyl (C=O) groups is 2. The summed E-state index contributed by atoms with van der Waals surface area (Å²) in [6.45, 7) is 7.76. The van der Waals surface area contributed by atoms with Crippen molar-refractivity contribution in [3.8, 4) is 0 Å². The zero-order valence-electron chi connectivity index (χ0n) is 16.8. The van der Waals surface area contributed by atoms with Gasteiger partial charge in [-0.3, -0.25) is 19.5 Å². The van der Waals surface area contributed by atoms with Crippen LogP contribution < -0.4 is 5.32 Å². The Hall–Kier alpha value is -2.41. The number of aryl methyl sites for hydroxylation is 1. The number of likely N-dealkylation sites (tertiary alicyclic amines) is 1. The maximum atomic E-state index is 12.0. The molecular formula is C21H30N4O3. The molecule has 2 aliphatic heterocycles. The first-order valence-electron chi connectivity index (χ1n) is 10.1. The topological polar surface area (TPSA) is 74.2 Å². The monoisotopic (exact) mass is 386 g/mol. The molecule has 1 aromatic rings. The minimum absolute atomic E-state index is 0.00376. The molecule has 7 heteroatoms. The second kappa shape index (κ2) is 9.68. The first kappa shape index (κ1) is 20.3. The van der Waals surface area contributed by atoms with Gasteiger partial charge in [-0.05, 0) is 31.4 Å². The van der Waals surface area contributed by atoms with E-state index in [9.17, 15) is 9.59 Å². The summed E-state index contributed by atoms with van der Waals surface area (Å²) in [6.07, 6.45) is 1.58. The average molecular weight is 386 g/mol. The number of hydrogen-bond donors (Lipinski definition) is 1. The van der Waals surface area contributed by atoms with Gasteiger partial charge in [-0.25, -0.2) is 0 Å². The number of guanidine groups is 1. The highest BCUT2D eigenvalue weighted by molar-refractivity contribution is 5.97. The van der Waals surface area contributed by atoms with Crippen molar-refractivity contribution in [1.29, 1.82) is 0 Å². The van der Waals surface area contributed by atoms with Gasteiger partial charge < -0.3 is 15.0 Å². The molecular weight excluding hydrogens is 356 g/mol. The number of morpholine rings is 1. The molecule has 7 nitrogen and oxygen atoms in total. The van der Waals surface area contributed by atoms with Crippen LogP contribution in [0.5, 0.6) is 0 Å². The summed E-state index contributed by atoms with van der Waals surface area (Å²) in [5.74, 6) is 0.645. The van der Waals surface area contributed by atoms with E-state index in [1.807, 2.05) is 19.1 Å². The van der Waals surface area contributed by atoms with Crippen molar-refractivity contribution in [2.45, 2.75) is 39.2 Å². The average Bonchev–Trinajstić information content (AvgIpc) is 2.70. The summed E-state index contributed by atoms with van der Waals surface area (Å²) < 4.78 is 6.01. The Morgan fingerprint density at radius 3 is 2.71 bits per heavy atom. The van der Waals surface area contributed by atoms with Gasteiger partial charge in [0, 0.05) is 32.5 Å². The quantitative estimate of drug-likeness (QED) is 0.475. The van der Waals surface area contributed by atoms with E-state index >= 15 is 0 Å². The Kier molecular flexibility index (Phi) is 7.03. The lowest BCUT2D eigenvalue weighted by Gasteiger charge is -2.36. The van der Waals surface area contributed by atoms with Crippen LogP contribution in [0.3, 0.4) is 0 Å². The summed E-state index contributed by atoms with van der Waals surface area (Å²) in [7, 11) is 0. The lowest BCUT2D eigenvalue weighted by atomic mass is 10.0. The van der Waals surface area contributed by atoms with Crippen molar-refractivity contribution in [2.75, 3.05) is 39.3 Å². The molecule has 3 rings (SSSR count). The number of carbonyl (C=O) groups excluding carboxylic acids is 2. The second-order valence-corrected chi connectivity index (χ2v) is 7.19. The van der Waals surface area contributed by atoms with Crippen molar-refractivity contribution in [1.82, 2.24) is 15.1 Å². The van der Waals surface area contributed by atoms with Crippen molar-refractivity contribution in [3.63, 3.8) is 0 Å². The van der Waals surface area contributed by atoms with Crippen LogP contribution in [-0.4, -0.2) is 66.9 Å². The smallest absolute Gasteiger partial charge is 0.229 e. The van der Waals surface area contributed by atoms with E-state index in [1.165, 1.54) is 16.0 Å². The number of benzene rings is 1.